The Kier molecular flexibility index (Phi) is 5.63. The van der Waals surface area contributed by atoms with Gasteiger partial charge in [0, 0.05) is 11.1 Å². The highest BCUT2D eigenvalue weighted by molar-refractivity contribution is 14.1. The van der Waals surface area contributed by atoms with Crippen LogP contribution in [0.5, 0.6) is 5.88 Å². The normalized spacial score (nSPS) is 15.5. The Bertz CT molecular complexity index is 1210. The average molecular weight is 539 g/mol. The number of benzene rings is 1. The van der Waals surface area contributed by atoms with E-state index >= 15 is 0 Å². The summed E-state index contributed by atoms with van der Waals surface area (Å²) in [5, 5.41) is 13.3. The summed E-state index contributed by atoms with van der Waals surface area (Å²) in [5.41, 5.74) is -0.217. The number of ether oxygens (including phenoxy) is 1. The van der Waals surface area contributed by atoms with Crippen molar-refractivity contribution in [1.82, 2.24) is 15.0 Å². The number of aromatic nitrogens is 3. The summed E-state index contributed by atoms with van der Waals surface area (Å²) in [7, 11) is 1.48. The number of fused-ring (bicyclic) bond motifs is 1. The van der Waals surface area contributed by atoms with Gasteiger partial charge in [-0.05, 0) is 25.8 Å². The van der Waals surface area contributed by atoms with Gasteiger partial charge in [0.15, 0.2) is 5.65 Å². The average Bonchev–Trinajstić information content (AvgIpc) is 3.53. The lowest BCUT2D eigenvalue weighted by Gasteiger charge is -2.18. The predicted octanol–water partition coefficient (Wildman–Crippen LogP) is 5.52. The monoisotopic (exact) mass is 539 g/mol. The second kappa shape index (κ2) is 8.11. The van der Waals surface area contributed by atoms with Crippen LogP contribution in [0.15, 0.2) is 24.3 Å². The maximum absolute atomic E-state index is 14.6. The van der Waals surface area contributed by atoms with Crippen LogP contribution in [0.25, 0.3) is 11.0 Å². The van der Waals surface area contributed by atoms with Gasteiger partial charge in [-0.25, -0.2) is 23.1 Å². The summed E-state index contributed by atoms with van der Waals surface area (Å²) in [6.45, 7) is 1.69. The van der Waals surface area contributed by atoms with E-state index in [1.807, 2.05) is 22.6 Å². The van der Waals surface area contributed by atoms with Gasteiger partial charge in [0.25, 0.3) is 6.43 Å². The fourth-order valence-corrected chi connectivity index (χ4v) is 4.23. The topological polar surface area (TPSA) is 83.7 Å². The summed E-state index contributed by atoms with van der Waals surface area (Å²) in [5.74, 6) is 0.164. The molecule has 1 N–H and O–H groups in total. The number of aryl methyl sites for hydroxylation is 1. The molecule has 31 heavy (non-hydrogen) atoms. The smallest absolute Gasteiger partial charge is 0.266 e. The van der Waals surface area contributed by atoms with E-state index in [1.54, 1.807) is 13.0 Å². The molecule has 0 spiro atoms. The molecule has 2 aromatic heterocycles. The van der Waals surface area contributed by atoms with E-state index in [4.69, 9.17) is 4.74 Å². The van der Waals surface area contributed by atoms with Crippen LogP contribution in [-0.2, 0) is 5.41 Å². The van der Waals surface area contributed by atoms with Gasteiger partial charge in [-0.15, -0.1) is 0 Å². The largest absolute Gasteiger partial charge is 0.481 e. The zero-order chi connectivity index (χ0) is 22.3. The Morgan fingerprint density at radius 1 is 1.23 bits per heavy atom. The lowest BCUT2D eigenvalue weighted by atomic mass is 9.98. The maximum Gasteiger partial charge on any atom is 0.266 e. The van der Waals surface area contributed by atoms with Crippen molar-refractivity contribution in [2.24, 2.45) is 0 Å². The maximum atomic E-state index is 14.6. The number of rotatable bonds is 6. The van der Waals surface area contributed by atoms with Crippen molar-refractivity contribution >= 4 is 39.4 Å². The minimum absolute atomic E-state index is 0.0835. The molecule has 1 aliphatic carbocycles. The number of nitrogens with zero attached hydrogens (tertiary/aromatic N) is 4. The van der Waals surface area contributed by atoms with E-state index in [0.29, 0.717) is 47.0 Å². The third-order valence-corrected chi connectivity index (χ3v) is 6.25. The molecule has 0 unspecified atom stereocenters. The van der Waals surface area contributed by atoms with Gasteiger partial charge in [0.05, 0.1) is 29.5 Å². The van der Waals surface area contributed by atoms with Gasteiger partial charge >= 0.3 is 0 Å². The van der Waals surface area contributed by atoms with Crippen molar-refractivity contribution in [3.05, 3.63) is 52.6 Å². The first-order chi connectivity index (χ1) is 14.8. The second-order valence-electron chi connectivity index (χ2n) is 7.29. The quantitative estimate of drug-likeness (QED) is 0.253. The fraction of sp³-hybridized carbons (Fsp3) is 0.333. The molecule has 2 heterocycles. The molecule has 10 heteroatoms. The molecule has 1 fully saturated rings. The number of hydrogen-bond acceptors (Lipinski definition) is 6. The first-order valence-corrected chi connectivity index (χ1v) is 10.7. The van der Waals surface area contributed by atoms with Crippen LogP contribution in [0, 0.1) is 24.1 Å². The highest BCUT2D eigenvalue weighted by Gasteiger charge is 2.47. The number of nitrogens with one attached hydrogen (secondary N) is 1. The number of anilines is 1. The zero-order valence-electron chi connectivity index (χ0n) is 16.6. The minimum atomic E-state index is -2.91. The molecule has 3 aromatic rings. The van der Waals surface area contributed by atoms with Crippen molar-refractivity contribution in [1.29, 1.82) is 5.26 Å². The van der Waals surface area contributed by atoms with E-state index < -0.39 is 27.3 Å². The third kappa shape index (κ3) is 3.86. The molecule has 160 valence electrons. The number of alkyl halides is 3. The highest BCUT2D eigenvalue weighted by atomic mass is 127. The molecule has 0 saturated heterocycles. The van der Waals surface area contributed by atoms with Gasteiger partial charge in [-0.1, -0.05) is 40.8 Å². The lowest BCUT2D eigenvalue weighted by Crippen LogP contribution is -2.12. The van der Waals surface area contributed by atoms with Crippen molar-refractivity contribution in [3.63, 3.8) is 0 Å². The minimum Gasteiger partial charge on any atom is -0.481 e. The summed E-state index contributed by atoms with van der Waals surface area (Å²) in [4.78, 5) is 13.2. The molecule has 0 bridgehead atoms. The number of methoxy groups -OCH3 is 1. The summed E-state index contributed by atoms with van der Waals surface area (Å²) >= 11 is 1.93. The third-order valence-electron chi connectivity index (χ3n) is 5.27. The van der Waals surface area contributed by atoms with Crippen LogP contribution in [0.2, 0.25) is 0 Å². The second-order valence-corrected chi connectivity index (χ2v) is 8.53. The lowest BCUT2D eigenvalue weighted by molar-refractivity contribution is 0.146. The molecule has 6 nitrogen and oxygen atoms in total. The number of halogens is 4. The van der Waals surface area contributed by atoms with E-state index in [0.717, 1.165) is 6.07 Å². The van der Waals surface area contributed by atoms with Crippen LogP contribution in [0.3, 0.4) is 0 Å². The first-order valence-electron chi connectivity index (χ1n) is 9.42. The molecule has 1 aliphatic rings. The van der Waals surface area contributed by atoms with Crippen LogP contribution in [-0.4, -0.2) is 22.1 Å². The standard InChI is InChI=1S/C21H17F3IN5O/c1-10-27-18(29-17(25)12-5-3-4-11(15(12)22)16(23)24)13-8-14(21(9-26)6-7-21)20(31-2)30-19(13)28-10/h3-5,8,16-17H,6-7H2,1-2H3,(H,27,28,29,30)/t17-/m0/s1. The van der Waals surface area contributed by atoms with Crippen LogP contribution in [0.1, 0.15) is 45.8 Å². The van der Waals surface area contributed by atoms with E-state index in [2.05, 4.69) is 26.3 Å². The van der Waals surface area contributed by atoms with Gasteiger partial charge in [-0.3, -0.25) is 0 Å². The van der Waals surface area contributed by atoms with Crippen molar-refractivity contribution in [2.75, 3.05) is 12.4 Å². The first kappa shape index (κ1) is 21.5. The molecular formula is C21H17F3IN5O. The predicted molar refractivity (Wildman–Crippen MR) is 117 cm³/mol. The number of hydrogen-bond donors (Lipinski definition) is 1. The van der Waals surface area contributed by atoms with Gasteiger partial charge < -0.3 is 10.1 Å². The van der Waals surface area contributed by atoms with Gasteiger partial charge in [-0.2, -0.15) is 10.2 Å². The van der Waals surface area contributed by atoms with Crippen LogP contribution < -0.4 is 10.1 Å². The number of nitriles is 1. The van der Waals surface area contributed by atoms with Crippen molar-refractivity contribution in [3.8, 4) is 11.9 Å². The van der Waals surface area contributed by atoms with E-state index in [-0.39, 0.29) is 5.56 Å². The zero-order valence-corrected chi connectivity index (χ0v) is 18.7. The fourth-order valence-electron chi connectivity index (χ4n) is 3.45. The molecule has 4 rings (SSSR count). The molecule has 0 radical (unpaired) electrons. The van der Waals surface area contributed by atoms with Gasteiger partial charge in [0.2, 0.25) is 5.88 Å². The molecule has 1 atom stereocenters. The summed E-state index contributed by atoms with van der Waals surface area (Å²) in [6.07, 6.45) is -1.52. The van der Waals surface area contributed by atoms with Crippen LogP contribution >= 0.6 is 22.6 Å². The summed E-state index contributed by atoms with van der Waals surface area (Å²) < 4.78 is 45.5. The van der Waals surface area contributed by atoms with Crippen LogP contribution in [0.4, 0.5) is 19.0 Å². The highest BCUT2D eigenvalue weighted by Crippen LogP contribution is 2.51. The van der Waals surface area contributed by atoms with Crippen molar-refractivity contribution < 1.29 is 17.9 Å². The van der Waals surface area contributed by atoms with Gasteiger partial charge in [0.1, 0.15) is 21.5 Å². The van der Waals surface area contributed by atoms with E-state index in [9.17, 15) is 18.4 Å². The Morgan fingerprint density at radius 2 is 1.94 bits per heavy atom. The molecule has 0 aliphatic heterocycles. The van der Waals surface area contributed by atoms with E-state index in [1.165, 1.54) is 19.2 Å². The molecule has 0 amide bonds. The number of pyridine rings is 1. The Balaban J connectivity index is 1.80. The SMILES string of the molecule is COc1nc2nc(C)nc(N[C@H](I)c3cccc(C(F)F)c3F)c2cc1C1(C#N)CC1. The Labute approximate surface area is 190 Å². The molecule has 1 saturated carbocycles. The Hall–Kier alpha value is -2.68. The van der Waals surface area contributed by atoms with Crippen molar-refractivity contribution in [2.45, 2.75) is 35.7 Å². The summed E-state index contributed by atoms with van der Waals surface area (Å²) in [6, 6.07) is 8.01. The molecule has 1 aromatic carbocycles. The Morgan fingerprint density at radius 3 is 2.55 bits per heavy atom. The molecular weight excluding hydrogens is 522 g/mol.